The van der Waals surface area contributed by atoms with Crippen molar-refractivity contribution in [2.75, 3.05) is 4.90 Å². The summed E-state index contributed by atoms with van der Waals surface area (Å²) in [6.07, 6.45) is 0. The van der Waals surface area contributed by atoms with Crippen molar-refractivity contribution in [3.8, 4) is 0 Å². The molecule has 0 saturated carbocycles. The number of amides is 1. The van der Waals surface area contributed by atoms with Gasteiger partial charge in [-0.3, -0.25) is 14.5 Å². The predicted molar refractivity (Wildman–Crippen MR) is 121 cm³/mol. The number of halogens is 1. The van der Waals surface area contributed by atoms with Gasteiger partial charge in [0.1, 0.15) is 10.8 Å². The van der Waals surface area contributed by atoms with Gasteiger partial charge in [0.2, 0.25) is 5.13 Å². The van der Waals surface area contributed by atoms with Crippen LogP contribution in [0.4, 0.5) is 5.13 Å². The minimum Gasteiger partial charge on any atom is -0.507 e. The molecule has 0 unspecified atom stereocenters. The molecule has 0 spiro atoms. The van der Waals surface area contributed by atoms with Crippen LogP contribution >= 0.6 is 22.9 Å². The molecule has 1 aromatic heterocycles. The highest BCUT2D eigenvalue weighted by Gasteiger charge is 2.48. The zero-order chi connectivity index (χ0) is 22.3. The van der Waals surface area contributed by atoms with Crippen LogP contribution in [-0.4, -0.2) is 27.0 Å². The summed E-state index contributed by atoms with van der Waals surface area (Å²) in [5.74, 6) is -1.63. The Labute approximate surface area is 188 Å². The normalized spacial score (nSPS) is 18.2. The molecule has 0 radical (unpaired) electrons. The fraction of sp³-hybridized carbons (Fsp3) is 0.217. The first kappa shape index (κ1) is 21.2. The second kappa shape index (κ2) is 8.24. The standard InChI is InChI=1S/C23H20ClN3O3S/c1-12(2)21-25-26-23(31-21)27-18(14-6-4-13(3)5-7-14)17(20(29)22(27)30)19(28)15-8-10-16(24)11-9-15/h4-12,18,28H,1-3H3/t18-/m1/s1. The first-order valence-corrected chi connectivity index (χ1v) is 10.9. The molecule has 1 fully saturated rings. The van der Waals surface area contributed by atoms with Crippen LogP contribution in [0.3, 0.4) is 0 Å². The number of anilines is 1. The van der Waals surface area contributed by atoms with Crippen molar-refractivity contribution >= 4 is 45.5 Å². The number of ketones is 1. The molecule has 3 aromatic rings. The molecule has 0 bridgehead atoms. The topological polar surface area (TPSA) is 83.4 Å². The smallest absolute Gasteiger partial charge is 0.301 e. The van der Waals surface area contributed by atoms with Gasteiger partial charge in [-0.1, -0.05) is 66.6 Å². The van der Waals surface area contributed by atoms with Crippen molar-refractivity contribution in [2.24, 2.45) is 0 Å². The summed E-state index contributed by atoms with van der Waals surface area (Å²) in [4.78, 5) is 27.5. The van der Waals surface area contributed by atoms with Crippen LogP contribution < -0.4 is 4.90 Å². The van der Waals surface area contributed by atoms with Crippen molar-refractivity contribution in [3.05, 3.63) is 80.8 Å². The molecule has 1 saturated heterocycles. The third-order valence-electron chi connectivity index (χ3n) is 5.09. The number of rotatable bonds is 4. The largest absolute Gasteiger partial charge is 0.507 e. The maximum absolute atomic E-state index is 13.1. The molecule has 158 valence electrons. The highest BCUT2D eigenvalue weighted by molar-refractivity contribution is 7.15. The Kier molecular flexibility index (Phi) is 5.64. The Morgan fingerprint density at radius 3 is 2.29 bits per heavy atom. The molecule has 1 aliphatic heterocycles. The molecule has 31 heavy (non-hydrogen) atoms. The van der Waals surface area contributed by atoms with Crippen LogP contribution in [0.1, 0.15) is 47.5 Å². The molecule has 4 rings (SSSR count). The number of benzene rings is 2. The Balaban J connectivity index is 1.91. The SMILES string of the molecule is Cc1ccc([C@@H]2C(=C(O)c3ccc(Cl)cc3)C(=O)C(=O)N2c2nnc(C(C)C)s2)cc1. The van der Waals surface area contributed by atoms with E-state index in [1.165, 1.54) is 16.2 Å². The van der Waals surface area contributed by atoms with E-state index in [-0.39, 0.29) is 17.3 Å². The molecule has 1 amide bonds. The van der Waals surface area contributed by atoms with Crippen LogP contribution in [-0.2, 0) is 9.59 Å². The van der Waals surface area contributed by atoms with Gasteiger partial charge in [0, 0.05) is 16.5 Å². The Morgan fingerprint density at radius 1 is 1.06 bits per heavy atom. The number of carbonyl (C=O) groups excluding carboxylic acids is 2. The van der Waals surface area contributed by atoms with Crippen molar-refractivity contribution in [3.63, 3.8) is 0 Å². The fourth-order valence-corrected chi connectivity index (χ4v) is 4.41. The predicted octanol–water partition coefficient (Wildman–Crippen LogP) is 5.25. The third kappa shape index (κ3) is 3.86. The molecule has 1 aliphatic rings. The number of hydrogen-bond donors (Lipinski definition) is 1. The van der Waals surface area contributed by atoms with Gasteiger partial charge >= 0.3 is 5.91 Å². The van der Waals surface area contributed by atoms with Crippen molar-refractivity contribution < 1.29 is 14.7 Å². The number of nitrogens with zero attached hydrogens (tertiary/aromatic N) is 3. The third-order valence-corrected chi connectivity index (χ3v) is 6.56. The van der Waals surface area contributed by atoms with Crippen molar-refractivity contribution in [2.45, 2.75) is 32.7 Å². The zero-order valence-electron chi connectivity index (χ0n) is 17.2. The van der Waals surface area contributed by atoms with Gasteiger partial charge in [0.25, 0.3) is 5.78 Å². The van der Waals surface area contributed by atoms with Gasteiger partial charge in [-0.25, -0.2) is 0 Å². The van der Waals surface area contributed by atoms with E-state index in [4.69, 9.17) is 11.6 Å². The highest BCUT2D eigenvalue weighted by Crippen LogP contribution is 2.43. The molecule has 8 heteroatoms. The zero-order valence-corrected chi connectivity index (χ0v) is 18.7. The Morgan fingerprint density at radius 2 is 1.71 bits per heavy atom. The van der Waals surface area contributed by atoms with E-state index in [2.05, 4.69) is 10.2 Å². The summed E-state index contributed by atoms with van der Waals surface area (Å²) >= 11 is 7.22. The number of hydrogen-bond acceptors (Lipinski definition) is 6. The lowest BCUT2D eigenvalue weighted by atomic mass is 9.95. The van der Waals surface area contributed by atoms with Gasteiger partial charge in [-0.2, -0.15) is 0 Å². The molecular weight excluding hydrogens is 434 g/mol. The quantitative estimate of drug-likeness (QED) is 0.331. The summed E-state index contributed by atoms with van der Waals surface area (Å²) in [5, 5.41) is 21.0. The maximum atomic E-state index is 13.1. The van der Waals surface area contributed by atoms with E-state index in [0.717, 1.165) is 10.6 Å². The van der Waals surface area contributed by atoms with E-state index in [1.54, 1.807) is 24.3 Å². The van der Waals surface area contributed by atoms with E-state index < -0.39 is 17.7 Å². The fourth-order valence-electron chi connectivity index (χ4n) is 3.41. The molecule has 2 heterocycles. The summed E-state index contributed by atoms with van der Waals surface area (Å²) in [6, 6.07) is 13.1. The van der Waals surface area contributed by atoms with Crippen molar-refractivity contribution in [1.82, 2.24) is 10.2 Å². The Bertz CT molecular complexity index is 1180. The lowest BCUT2D eigenvalue weighted by Crippen LogP contribution is -2.29. The van der Waals surface area contributed by atoms with Crippen LogP contribution in [0.5, 0.6) is 0 Å². The van der Waals surface area contributed by atoms with Gasteiger partial charge in [-0.05, 0) is 36.8 Å². The summed E-state index contributed by atoms with van der Waals surface area (Å²) in [5.41, 5.74) is 2.15. The number of aromatic nitrogens is 2. The number of Topliss-reactive ketones (excluding diaryl/α,β-unsaturated/α-hetero) is 1. The minimum atomic E-state index is -0.816. The van der Waals surface area contributed by atoms with Crippen LogP contribution in [0, 0.1) is 6.92 Å². The second-order valence-electron chi connectivity index (χ2n) is 7.66. The molecule has 0 aliphatic carbocycles. The monoisotopic (exact) mass is 453 g/mol. The van der Waals surface area contributed by atoms with Crippen LogP contribution in [0.15, 0.2) is 54.1 Å². The molecular formula is C23H20ClN3O3S. The average Bonchev–Trinajstić information content (AvgIpc) is 3.32. The van der Waals surface area contributed by atoms with Crippen LogP contribution in [0.2, 0.25) is 5.02 Å². The molecule has 2 aromatic carbocycles. The average molecular weight is 454 g/mol. The molecule has 6 nitrogen and oxygen atoms in total. The summed E-state index contributed by atoms with van der Waals surface area (Å²) < 4.78 is 0. The summed E-state index contributed by atoms with van der Waals surface area (Å²) in [6.45, 7) is 5.92. The van der Waals surface area contributed by atoms with Gasteiger partial charge in [-0.15, -0.1) is 10.2 Å². The van der Waals surface area contributed by atoms with Gasteiger partial charge < -0.3 is 5.11 Å². The van der Waals surface area contributed by atoms with Gasteiger partial charge in [0.05, 0.1) is 11.6 Å². The minimum absolute atomic E-state index is 0.0115. The number of aliphatic hydroxyl groups excluding tert-OH is 1. The van der Waals surface area contributed by atoms with E-state index in [1.807, 2.05) is 45.0 Å². The molecule has 1 atom stereocenters. The Hall–Kier alpha value is -3.03. The lowest BCUT2D eigenvalue weighted by molar-refractivity contribution is -0.132. The highest BCUT2D eigenvalue weighted by atomic mass is 35.5. The maximum Gasteiger partial charge on any atom is 0.301 e. The number of carbonyl (C=O) groups is 2. The first-order valence-electron chi connectivity index (χ1n) is 9.75. The van der Waals surface area contributed by atoms with E-state index >= 15 is 0 Å². The second-order valence-corrected chi connectivity index (χ2v) is 9.09. The van der Waals surface area contributed by atoms with Crippen molar-refractivity contribution in [1.29, 1.82) is 0 Å². The van der Waals surface area contributed by atoms with Crippen LogP contribution in [0.25, 0.3) is 5.76 Å². The van der Waals surface area contributed by atoms with Gasteiger partial charge in [0.15, 0.2) is 0 Å². The number of aliphatic hydroxyl groups is 1. The molecule has 1 N–H and O–H groups in total. The first-order chi connectivity index (χ1) is 14.8. The van der Waals surface area contributed by atoms with E-state index in [0.29, 0.717) is 21.3 Å². The summed E-state index contributed by atoms with van der Waals surface area (Å²) in [7, 11) is 0. The number of aryl methyl sites for hydroxylation is 1. The lowest BCUT2D eigenvalue weighted by Gasteiger charge is -2.22. The van der Waals surface area contributed by atoms with E-state index in [9.17, 15) is 14.7 Å².